The Morgan fingerprint density at radius 1 is 0.692 bits per heavy atom. The van der Waals surface area contributed by atoms with Crippen LogP contribution in [0.4, 0.5) is 13.2 Å². The summed E-state index contributed by atoms with van der Waals surface area (Å²) in [5.41, 5.74) is -7.80. The van der Waals surface area contributed by atoms with Gasteiger partial charge in [-0.05, 0) is 39.5 Å². The van der Waals surface area contributed by atoms with Crippen LogP contribution in [-0.2, 0) is 4.74 Å². The monoisotopic (exact) mass is 380 g/mol. The SMILES string of the molecule is CCOC(C)(C(C)(C)C(F)(F)C(C)(C)CC)C(C)(C(C)(C)C)C(C)(C)F. The molecule has 0 saturated carbocycles. The second kappa shape index (κ2) is 6.97. The Labute approximate surface area is 160 Å². The van der Waals surface area contributed by atoms with Gasteiger partial charge in [-0.3, -0.25) is 0 Å². The number of alkyl halides is 3. The molecule has 1 nitrogen and oxygen atoms in total. The molecule has 0 rings (SSSR count). The van der Waals surface area contributed by atoms with Gasteiger partial charge in [0.15, 0.2) is 0 Å². The molecule has 0 saturated heterocycles. The van der Waals surface area contributed by atoms with Crippen LogP contribution < -0.4 is 0 Å². The number of ether oxygens (including phenoxy) is 1. The first-order valence-corrected chi connectivity index (χ1v) is 9.83. The molecule has 0 aromatic heterocycles. The number of halogens is 3. The van der Waals surface area contributed by atoms with Crippen molar-refractivity contribution in [1.29, 1.82) is 0 Å². The highest BCUT2D eigenvalue weighted by Gasteiger charge is 2.73. The average Bonchev–Trinajstić information content (AvgIpc) is 2.43. The van der Waals surface area contributed by atoms with Gasteiger partial charge in [0, 0.05) is 17.4 Å². The molecule has 0 aliphatic rings. The fraction of sp³-hybridized carbons (Fsp3) is 1.00. The highest BCUT2D eigenvalue weighted by molar-refractivity contribution is 5.18. The molecule has 0 bridgehead atoms. The molecule has 2 unspecified atom stereocenters. The molecular weight excluding hydrogens is 337 g/mol. The largest absolute Gasteiger partial charge is 0.374 e. The van der Waals surface area contributed by atoms with Crippen LogP contribution in [0.3, 0.4) is 0 Å². The van der Waals surface area contributed by atoms with Crippen molar-refractivity contribution < 1.29 is 17.9 Å². The van der Waals surface area contributed by atoms with Gasteiger partial charge in [-0.25, -0.2) is 13.2 Å². The van der Waals surface area contributed by atoms with E-state index < -0.39 is 38.9 Å². The molecule has 0 fully saturated rings. The predicted octanol–water partition coefficient (Wildman–Crippen LogP) is 7.68. The van der Waals surface area contributed by atoms with E-state index in [1.165, 1.54) is 27.7 Å². The van der Waals surface area contributed by atoms with Crippen LogP contribution in [0.1, 0.15) is 96.4 Å². The van der Waals surface area contributed by atoms with Gasteiger partial charge >= 0.3 is 0 Å². The molecule has 0 N–H and O–H groups in total. The molecule has 0 spiro atoms. The molecule has 26 heavy (non-hydrogen) atoms. The number of hydrogen-bond acceptors (Lipinski definition) is 1. The summed E-state index contributed by atoms with van der Waals surface area (Å²) in [6.07, 6.45) is 0.316. The van der Waals surface area contributed by atoms with Crippen LogP contribution in [0, 0.1) is 21.7 Å². The van der Waals surface area contributed by atoms with Crippen molar-refractivity contribution in [1.82, 2.24) is 0 Å². The predicted molar refractivity (Wildman–Crippen MR) is 106 cm³/mol. The highest BCUT2D eigenvalue weighted by Crippen LogP contribution is 2.67. The molecule has 0 aliphatic carbocycles. The van der Waals surface area contributed by atoms with Crippen LogP contribution >= 0.6 is 0 Å². The van der Waals surface area contributed by atoms with Gasteiger partial charge in [0.1, 0.15) is 5.67 Å². The third-order valence-corrected chi connectivity index (χ3v) is 7.79. The van der Waals surface area contributed by atoms with Gasteiger partial charge in [-0.15, -0.1) is 0 Å². The molecule has 2 atom stereocenters. The summed E-state index contributed by atoms with van der Waals surface area (Å²) in [7, 11) is 0. The van der Waals surface area contributed by atoms with Crippen LogP contribution in [-0.4, -0.2) is 23.8 Å². The van der Waals surface area contributed by atoms with E-state index in [2.05, 4.69) is 0 Å². The summed E-state index contributed by atoms with van der Waals surface area (Å²) in [4.78, 5) is 0. The van der Waals surface area contributed by atoms with Crippen LogP contribution in [0.25, 0.3) is 0 Å². The summed E-state index contributed by atoms with van der Waals surface area (Å²) >= 11 is 0. The first kappa shape index (κ1) is 25.8. The zero-order valence-corrected chi connectivity index (χ0v) is 19.5. The van der Waals surface area contributed by atoms with Crippen molar-refractivity contribution in [2.45, 2.75) is 114 Å². The van der Waals surface area contributed by atoms with Gasteiger partial charge in [-0.1, -0.05) is 62.3 Å². The number of hydrogen-bond donors (Lipinski definition) is 0. The molecule has 0 aromatic rings. The minimum Gasteiger partial charge on any atom is -0.374 e. The second-order valence-electron chi connectivity index (χ2n) is 10.8. The van der Waals surface area contributed by atoms with E-state index in [1.54, 1.807) is 41.5 Å². The van der Waals surface area contributed by atoms with Crippen molar-refractivity contribution in [3.8, 4) is 0 Å². The standard InChI is InChI=1S/C22H43F3O/c1-14-17(6,7)22(24,25)18(8,9)21(13,26-15-2)20(12,16(3,4)5)19(10,11)23/h14-15H2,1-13H3. The average molecular weight is 381 g/mol. The topological polar surface area (TPSA) is 9.23 Å². The van der Waals surface area contributed by atoms with E-state index in [0.717, 1.165) is 0 Å². The zero-order valence-electron chi connectivity index (χ0n) is 19.5. The van der Waals surface area contributed by atoms with Crippen molar-refractivity contribution in [2.24, 2.45) is 21.7 Å². The van der Waals surface area contributed by atoms with Crippen molar-refractivity contribution in [3.63, 3.8) is 0 Å². The smallest absolute Gasteiger partial charge is 0.260 e. The Morgan fingerprint density at radius 3 is 1.31 bits per heavy atom. The lowest BCUT2D eigenvalue weighted by Gasteiger charge is -2.65. The lowest BCUT2D eigenvalue weighted by molar-refractivity contribution is -0.322. The Hall–Kier alpha value is -0.250. The van der Waals surface area contributed by atoms with Gasteiger partial charge in [0.25, 0.3) is 5.92 Å². The Bertz CT molecular complexity index is 467. The summed E-state index contributed by atoms with van der Waals surface area (Å²) in [6.45, 7) is 22.2. The van der Waals surface area contributed by atoms with Crippen LogP contribution in [0.15, 0.2) is 0 Å². The summed E-state index contributed by atoms with van der Waals surface area (Å²) in [6, 6.07) is 0. The lowest BCUT2D eigenvalue weighted by atomic mass is 9.45. The maximum Gasteiger partial charge on any atom is 0.260 e. The molecule has 158 valence electrons. The van der Waals surface area contributed by atoms with E-state index >= 15 is 13.2 Å². The third-order valence-electron chi connectivity index (χ3n) is 7.79. The first-order chi connectivity index (χ1) is 11.1. The van der Waals surface area contributed by atoms with Crippen LogP contribution in [0.2, 0.25) is 0 Å². The van der Waals surface area contributed by atoms with E-state index in [9.17, 15) is 0 Å². The second-order valence-corrected chi connectivity index (χ2v) is 10.8. The van der Waals surface area contributed by atoms with Gasteiger partial charge in [0.05, 0.1) is 11.0 Å². The van der Waals surface area contributed by atoms with Crippen LogP contribution in [0.5, 0.6) is 0 Å². The van der Waals surface area contributed by atoms with E-state index in [1.807, 2.05) is 20.8 Å². The molecule has 0 aromatic carbocycles. The normalized spacial score (nSPS) is 19.8. The summed E-state index contributed by atoms with van der Waals surface area (Å²) in [5, 5.41) is 0. The minimum absolute atomic E-state index is 0.240. The molecule has 0 radical (unpaired) electrons. The minimum atomic E-state index is -3.07. The maximum absolute atomic E-state index is 15.9. The summed E-state index contributed by atoms with van der Waals surface area (Å²) < 4.78 is 53.6. The zero-order chi connectivity index (χ0) is 21.6. The van der Waals surface area contributed by atoms with E-state index in [-0.39, 0.29) is 6.61 Å². The Kier molecular flexibility index (Phi) is 6.90. The van der Waals surface area contributed by atoms with E-state index in [0.29, 0.717) is 6.42 Å². The fourth-order valence-corrected chi connectivity index (χ4v) is 4.78. The molecule has 0 aliphatic heterocycles. The van der Waals surface area contributed by atoms with Gasteiger partial charge < -0.3 is 4.74 Å². The Balaban J connectivity index is 7.02. The Morgan fingerprint density at radius 2 is 1.08 bits per heavy atom. The van der Waals surface area contributed by atoms with Crippen molar-refractivity contribution in [3.05, 3.63) is 0 Å². The fourth-order valence-electron chi connectivity index (χ4n) is 4.78. The first-order valence-electron chi connectivity index (χ1n) is 9.83. The van der Waals surface area contributed by atoms with Crippen molar-refractivity contribution in [2.75, 3.05) is 6.61 Å². The molecule has 0 amide bonds. The van der Waals surface area contributed by atoms with E-state index in [4.69, 9.17) is 4.74 Å². The van der Waals surface area contributed by atoms with Gasteiger partial charge in [0.2, 0.25) is 0 Å². The third kappa shape index (κ3) is 3.33. The van der Waals surface area contributed by atoms with Crippen molar-refractivity contribution >= 4 is 0 Å². The maximum atomic E-state index is 15.9. The molecule has 4 heteroatoms. The molecular formula is C22H43F3O. The molecule has 0 heterocycles. The summed E-state index contributed by atoms with van der Waals surface area (Å²) in [5.74, 6) is -3.07. The number of rotatable bonds is 8. The van der Waals surface area contributed by atoms with Gasteiger partial charge in [-0.2, -0.15) is 0 Å². The highest BCUT2D eigenvalue weighted by atomic mass is 19.3. The lowest BCUT2D eigenvalue weighted by Crippen LogP contribution is -2.72. The quantitative estimate of drug-likeness (QED) is 0.419.